The molecule has 1 aliphatic heterocycles. The molecule has 0 bridgehead atoms. The van der Waals surface area contributed by atoms with Crippen LogP contribution in [0.25, 0.3) is 0 Å². The lowest BCUT2D eigenvalue weighted by Crippen LogP contribution is -2.18. The van der Waals surface area contributed by atoms with Crippen molar-refractivity contribution >= 4 is 5.82 Å². The zero-order valence-electron chi connectivity index (χ0n) is 8.03. The predicted molar refractivity (Wildman–Crippen MR) is 54.5 cm³/mol. The molecule has 69 valence electrons. The maximum atomic E-state index is 4.39. The minimum Gasteiger partial charge on any atom is -0.351 e. The minimum absolute atomic E-state index is 1.05. The van der Waals surface area contributed by atoms with Gasteiger partial charge in [-0.3, -0.25) is 0 Å². The van der Waals surface area contributed by atoms with Gasteiger partial charge in [-0.05, 0) is 24.5 Å². The fourth-order valence-electron chi connectivity index (χ4n) is 1.67. The molecular weight excluding hydrogens is 160 g/mol. The van der Waals surface area contributed by atoms with Gasteiger partial charge in [0.1, 0.15) is 5.82 Å². The molecule has 2 heterocycles. The summed E-state index contributed by atoms with van der Waals surface area (Å²) in [6, 6.07) is 4.17. The second-order valence-corrected chi connectivity index (χ2v) is 3.42. The first-order chi connectivity index (χ1) is 6.42. The van der Waals surface area contributed by atoms with Gasteiger partial charge in [-0.2, -0.15) is 0 Å². The van der Waals surface area contributed by atoms with Crippen LogP contribution in [0.5, 0.6) is 0 Å². The van der Waals surface area contributed by atoms with E-state index in [0.717, 1.165) is 18.8 Å². The third-order valence-corrected chi connectivity index (χ3v) is 2.42. The van der Waals surface area contributed by atoms with Crippen LogP contribution in [0.1, 0.15) is 25.3 Å². The predicted octanol–water partition coefficient (Wildman–Crippen LogP) is 2.41. The van der Waals surface area contributed by atoms with Crippen molar-refractivity contribution in [1.29, 1.82) is 0 Å². The molecule has 0 saturated carbocycles. The van der Waals surface area contributed by atoms with E-state index in [1.165, 1.54) is 18.4 Å². The molecule has 0 amide bonds. The lowest BCUT2D eigenvalue weighted by atomic mass is 10.2. The van der Waals surface area contributed by atoms with Crippen molar-refractivity contribution in [3.63, 3.8) is 0 Å². The molecule has 0 unspecified atom stereocenters. The molecule has 0 fully saturated rings. The molecule has 0 N–H and O–H groups in total. The Labute approximate surface area is 79.6 Å². The molecule has 0 aliphatic carbocycles. The van der Waals surface area contributed by atoms with Crippen molar-refractivity contribution in [2.24, 2.45) is 0 Å². The number of aromatic nitrogens is 1. The number of fused-ring (bicyclic) bond motifs is 1. The van der Waals surface area contributed by atoms with Crippen molar-refractivity contribution in [2.75, 3.05) is 11.4 Å². The molecule has 2 rings (SSSR count). The first kappa shape index (κ1) is 8.54. The molecular formula is C11H15N2. The normalized spacial score (nSPS) is 14.7. The lowest BCUT2D eigenvalue weighted by Gasteiger charge is -2.16. The number of pyridine rings is 1. The van der Waals surface area contributed by atoms with E-state index in [1.54, 1.807) is 0 Å². The van der Waals surface area contributed by atoms with Crippen LogP contribution in [0.3, 0.4) is 0 Å². The van der Waals surface area contributed by atoms with Crippen molar-refractivity contribution in [3.8, 4) is 0 Å². The summed E-state index contributed by atoms with van der Waals surface area (Å²) in [6.07, 6.45) is 5.41. The third-order valence-electron chi connectivity index (χ3n) is 2.42. The maximum Gasteiger partial charge on any atom is 0.132 e. The van der Waals surface area contributed by atoms with Gasteiger partial charge in [0.15, 0.2) is 0 Å². The van der Waals surface area contributed by atoms with E-state index in [1.807, 2.05) is 12.3 Å². The Balaban J connectivity index is 2.09. The molecule has 0 aromatic carbocycles. The average molecular weight is 175 g/mol. The number of hydrogen-bond donors (Lipinski definition) is 0. The van der Waals surface area contributed by atoms with E-state index in [9.17, 15) is 0 Å². The molecule has 0 atom stereocenters. The Morgan fingerprint density at radius 3 is 3.31 bits per heavy atom. The minimum atomic E-state index is 1.05. The second kappa shape index (κ2) is 3.77. The van der Waals surface area contributed by atoms with Crippen LogP contribution in [0.4, 0.5) is 5.82 Å². The average Bonchev–Trinajstić information content (AvgIpc) is 2.58. The summed E-state index contributed by atoms with van der Waals surface area (Å²) in [4.78, 5) is 6.66. The molecule has 1 radical (unpaired) electrons. The molecule has 0 spiro atoms. The van der Waals surface area contributed by atoms with Gasteiger partial charge in [0.05, 0.1) is 6.54 Å². The van der Waals surface area contributed by atoms with Crippen molar-refractivity contribution in [1.82, 2.24) is 4.98 Å². The maximum absolute atomic E-state index is 4.39. The monoisotopic (exact) mass is 175 g/mol. The van der Waals surface area contributed by atoms with Crippen molar-refractivity contribution < 1.29 is 0 Å². The van der Waals surface area contributed by atoms with Crippen molar-refractivity contribution in [2.45, 2.75) is 26.2 Å². The Morgan fingerprint density at radius 2 is 2.46 bits per heavy atom. The number of unbranched alkanes of at least 4 members (excludes halogenated alkanes) is 1. The van der Waals surface area contributed by atoms with Crippen LogP contribution in [0.2, 0.25) is 0 Å². The Kier molecular flexibility index (Phi) is 2.48. The van der Waals surface area contributed by atoms with E-state index in [2.05, 4.69) is 29.4 Å². The van der Waals surface area contributed by atoms with Gasteiger partial charge < -0.3 is 4.90 Å². The number of rotatable bonds is 3. The van der Waals surface area contributed by atoms with Gasteiger partial charge in [0, 0.05) is 12.7 Å². The Hall–Kier alpha value is -1.05. The molecule has 1 aromatic heterocycles. The van der Waals surface area contributed by atoms with Gasteiger partial charge in [-0.1, -0.05) is 19.4 Å². The smallest absolute Gasteiger partial charge is 0.132 e. The summed E-state index contributed by atoms with van der Waals surface area (Å²) >= 11 is 0. The van der Waals surface area contributed by atoms with E-state index < -0.39 is 0 Å². The summed E-state index contributed by atoms with van der Waals surface area (Å²) in [7, 11) is 0. The van der Waals surface area contributed by atoms with E-state index in [4.69, 9.17) is 0 Å². The SMILES string of the molecule is CCCCN1[CH]Cc2cccnc21. The zero-order chi connectivity index (χ0) is 9.10. The summed E-state index contributed by atoms with van der Waals surface area (Å²) < 4.78 is 0. The summed E-state index contributed by atoms with van der Waals surface area (Å²) in [5.74, 6) is 1.16. The lowest BCUT2D eigenvalue weighted by molar-refractivity contribution is 0.763. The highest BCUT2D eigenvalue weighted by Gasteiger charge is 2.18. The van der Waals surface area contributed by atoms with Crippen LogP contribution in [-0.4, -0.2) is 11.5 Å². The van der Waals surface area contributed by atoms with Crippen LogP contribution in [0.15, 0.2) is 18.3 Å². The fraction of sp³-hybridized carbons (Fsp3) is 0.455. The molecule has 0 saturated heterocycles. The molecule has 2 nitrogen and oxygen atoms in total. The molecule has 1 aliphatic rings. The van der Waals surface area contributed by atoms with Gasteiger partial charge in [-0.25, -0.2) is 4.98 Å². The largest absolute Gasteiger partial charge is 0.351 e. The van der Waals surface area contributed by atoms with Crippen LogP contribution < -0.4 is 4.90 Å². The van der Waals surface area contributed by atoms with Gasteiger partial charge in [0.2, 0.25) is 0 Å². The second-order valence-electron chi connectivity index (χ2n) is 3.42. The number of hydrogen-bond acceptors (Lipinski definition) is 2. The highest BCUT2D eigenvalue weighted by atomic mass is 15.2. The number of nitrogens with zero attached hydrogens (tertiary/aromatic N) is 2. The highest BCUT2D eigenvalue weighted by Crippen LogP contribution is 2.27. The standard InChI is InChI=1S/C11H15N2/c1-2-3-8-13-9-6-10-5-4-7-12-11(10)13/h4-5,7,9H,2-3,6,8H2,1H3. The van der Waals surface area contributed by atoms with Crippen LogP contribution >= 0.6 is 0 Å². The fourth-order valence-corrected chi connectivity index (χ4v) is 1.67. The highest BCUT2D eigenvalue weighted by molar-refractivity contribution is 5.54. The quantitative estimate of drug-likeness (QED) is 0.701. The first-order valence-electron chi connectivity index (χ1n) is 4.95. The molecule has 2 heteroatoms. The topological polar surface area (TPSA) is 16.1 Å². The molecule has 1 aromatic rings. The molecule has 13 heavy (non-hydrogen) atoms. The first-order valence-corrected chi connectivity index (χ1v) is 4.95. The summed E-state index contributed by atoms with van der Waals surface area (Å²) in [5.41, 5.74) is 1.36. The van der Waals surface area contributed by atoms with Crippen LogP contribution in [0, 0.1) is 6.54 Å². The van der Waals surface area contributed by atoms with E-state index in [-0.39, 0.29) is 0 Å². The number of anilines is 1. The van der Waals surface area contributed by atoms with Crippen LogP contribution in [-0.2, 0) is 6.42 Å². The summed E-state index contributed by atoms with van der Waals surface area (Å²) in [5, 5.41) is 0. The van der Waals surface area contributed by atoms with E-state index >= 15 is 0 Å². The van der Waals surface area contributed by atoms with Gasteiger partial charge in [0.25, 0.3) is 0 Å². The third kappa shape index (κ3) is 1.67. The van der Waals surface area contributed by atoms with E-state index in [0.29, 0.717) is 0 Å². The Morgan fingerprint density at radius 1 is 1.54 bits per heavy atom. The van der Waals surface area contributed by atoms with Gasteiger partial charge >= 0.3 is 0 Å². The van der Waals surface area contributed by atoms with Gasteiger partial charge in [-0.15, -0.1) is 0 Å². The summed E-state index contributed by atoms with van der Waals surface area (Å²) in [6.45, 7) is 5.57. The zero-order valence-corrected chi connectivity index (χ0v) is 8.03. The van der Waals surface area contributed by atoms with Crippen molar-refractivity contribution in [3.05, 3.63) is 30.4 Å². The Bertz CT molecular complexity index is 283.